The number of alkyl halides is 3. The van der Waals surface area contributed by atoms with E-state index in [-0.39, 0.29) is 11.8 Å². The van der Waals surface area contributed by atoms with Crippen molar-refractivity contribution >= 4 is 5.91 Å². The third-order valence-corrected chi connectivity index (χ3v) is 10.1. The van der Waals surface area contributed by atoms with Gasteiger partial charge in [0.1, 0.15) is 6.10 Å². The van der Waals surface area contributed by atoms with Crippen LogP contribution >= 0.6 is 0 Å². The van der Waals surface area contributed by atoms with Gasteiger partial charge in [0.2, 0.25) is 0 Å². The molecule has 1 saturated heterocycles. The first-order valence-electron chi connectivity index (χ1n) is 14.0. The fourth-order valence-corrected chi connectivity index (χ4v) is 7.96. The van der Waals surface area contributed by atoms with Crippen molar-refractivity contribution in [1.82, 2.24) is 9.80 Å². The number of rotatable bonds is 3. The summed E-state index contributed by atoms with van der Waals surface area (Å²) in [6.45, 7) is 1.80. The summed E-state index contributed by atoms with van der Waals surface area (Å²) in [5.41, 5.74) is -0.291. The Kier molecular flexibility index (Phi) is 5.56. The molecule has 0 radical (unpaired) electrons. The molecule has 2 aromatic carbocycles. The lowest BCUT2D eigenvalue weighted by molar-refractivity contribution is -0.199. The highest BCUT2D eigenvalue weighted by Gasteiger charge is 2.73. The molecule has 2 bridgehead atoms. The maximum absolute atomic E-state index is 13.3. The number of piperidine rings is 1. The molecule has 210 valence electrons. The Morgan fingerprint density at radius 2 is 1.90 bits per heavy atom. The predicted octanol–water partition coefficient (Wildman–Crippen LogP) is 3.85. The van der Waals surface area contributed by atoms with Crippen LogP contribution in [0.1, 0.15) is 54.4 Å². The number of phenolic OH excluding ortho intramolecular Hbond substituents is 1. The van der Waals surface area contributed by atoms with E-state index in [2.05, 4.69) is 16.7 Å². The quantitative estimate of drug-likeness (QED) is 0.566. The molecule has 2 aliphatic heterocycles. The first-order chi connectivity index (χ1) is 19.0. The largest absolute Gasteiger partial charge is 0.504 e. The van der Waals surface area contributed by atoms with Crippen molar-refractivity contribution in [3.05, 3.63) is 58.7 Å². The minimum Gasteiger partial charge on any atom is -0.504 e. The van der Waals surface area contributed by atoms with Crippen LogP contribution in [-0.4, -0.2) is 69.8 Å². The zero-order valence-electron chi connectivity index (χ0n) is 22.2. The molecule has 2 N–H and O–H groups in total. The van der Waals surface area contributed by atoms with Crippen LogP contribution in [0, 0.1) is 17.8 Å². The number of benzene rings is 2. The Morgan fingerprint density at radius 3 is 2.60 bits per heavy atom. The molecule has 0 aromatic heterocycles. The van der Waals surface area contributed by atoms with Gasteiger partial charge in [-0.15, -0.1) is 0 Å². The van der Waals surface area contributed by atoms with Gasteiger partial charge in [0.05, 0.1) is 22.6 Å². The van der Waals surface area contributed by atoms with E-state index in [1.807, 2.05) is 6.07 Å². The first-order valence-corrected chi connectivity index (χ1v) is 14.0. The summed E-state index contributed by atoms with van der Waals surface area (Å²) in [6.07, 6.45) is -0.180. The van der Waals surface area contributed by atoms with E-state index in [1.165, 1.54) is 25.0 Å². The highest BCUT2D eigenvalue weighted by Crippen LogP contribution is 2.66. The molecule has 1 amide bonds. The van der Waals surface area contributed by atoms with Crippen LogP contribution in [0.4, 0.5) is 13.2 Å². The molecule has 3 fully saturated rings. The van der Waals surface area contributed by atoms with Gasteiger partial charge in [0.25, 0.3) is 5.91 Å². The molecule has 5 atom stereocenters. The number of halogens is 3. The topological polar surface area (TPSA) is 73.2 Å². The number of carbonyl (C=O) groups excluding carboxylic acids is 1. The van der Waals surface area contributed by atoms with Gasteiger partial charge in [0.15, 0.2) is 11.5 Å². The van der Waals surface area contributed by atoms with Gasteiger partial charge < -0.3 is 19.8 Å². The van der Waals surface area contributed by atoms with Gasteiger partial charge in [-0.2, -0.15) is 13.2 Å². The average molecular weight is 553 g/mol. The van der Waals surface area contributed by atoms with E-state index in [0.717, 1.165) is 36.3 Å². The number of aliphatic hydroxyl groups is 1. The van der Waals surface area contributed by atoms with Gasteiger partial charge >= 0.3 is 6.18 Å². The van der Waals surface area contributed by atoms with E-state index in [0.29, 0.717) is 42.9 Å². The van der Waals surface area contributed by atoms with Crippen molar-refractivity contribution in [2.24, 2.45) is 5.92 Å². The smallest absolute Gasteiger partial charge is 0.416 e. The maximum Gasteiger partial charge on any atom is 0.416 e. The van der Waals surface area contributed by atoms with Gasteiger partial charge in [-0.25, -0.2) is 0 Å². The van der Waals surface area contributed by atoms with Gasteiger partial charge in [0, 0.05) is 36.7 Å². The molecular weight excluding hydrogens is 521 g/mol. The van der Waals surface area contributed by atoms with E-state index in [9.17, 15) is 28.2 Å². The SMILES string of the molecule is CN(C(=O)C#Cc1ccc(C(F)(F)F)cc1)[C@H]1CC[C@@]2(O)[C@H]3Cc4ccc(O)c5c4[C@@]2(CCN3CC2CC2)[C@H]1O5. The van der Waals surface area contributed by atoms with Gasteiger partial charge in [-0.3, -0.25) is 9.69 Å². The van der Waals surface area contributed by atoms with Crippen LogP contribution in [-0.2, 0) is 22.8 Å². The molecule has 9 heteroatoms. The van der Waals surface area contributed by atoms with Crippen LogP contribution in [0.5, 0.6) is 11.5 Å². The van der Waals surface area contributed by atoms with E-state index in [1.54, 1.807) is 18.0 Å². The van der Waals surface area contributed by atoms with E-state index in [4.69, 9.17) is 4.74 Å². The van der Waals surface area contributed by atoms with Crippen molar-refractivity contribution in [2.45, 2.75) is 73.9 Å². The minimum atomic E-state index is -4.44. The standard InChI is InChI=1S/C31H31F3N2O4/c1-35(25(38)11-6-18-4-8-21(9-5-18)31(32,33)34)22-12-13-30(39)24-16-20-7-10-23(37)27-26(20)29(30,28(22)40-27)14-15-36(24)17-19-2-3-19/h4-5,7-10,19,22,24,28,37,39H,2-3,12-17H2,1H3/t22-,24+,28-,29-,30+/m0/s1. The Hall–Kier alpha value is -3.22. The molecule has 40 heavy (non-hydrogen) atoms. The number of ether oxygens (including phenoxy) is 1. The maximum atomic E-state index is 13.3. The average Bonchev–Trinajstić information content (AvgIpc) is 3.67. The lowest BCUT2D eigenvalue weighted by atomic mass is 9.48. The Bertz CT molecular complexity index is 1440. The van der Waals surface area contributed by atoms with Crippen molar-refractivity contribution in [3.63, 3.8) is 0 Å². The molecule has 2 heterocycles. The summed E-state index contributed by atoms with van der Waals surface area (Å²) in [5, 5.41) is 23.4. The van der Waals surface area contributed by atoms with Crippen molar-refractivity contribution in [2.75, 3.05) is 20.1 Å². The monoisotopic (exact) mass is 552 g/mol. The van der Waals surface area contributed by atoms with Gasteiger partial charge in [-0.1, -0.05) is 12.0 Å². The normalized spacial score (nSPS) is 32.0. The molecule has 7 rings (SSSR count). The summed E-state index contributed by atoms with van der Waals surface area (Å²) in [7, 11) is 1.66. The summed E-state index contributed by atoms with van der Waals surface area (Å²) in [5.74, 6) is 5.94. The summed E-state index contributed by atoms with van der Waals surface area (Å²) < 4.78 is 45.2. The van der Waals surface area contributed by atoms with Crippen molar-refractivity contribution < 1.29 is 32.9 Å². The number of hydrogen-bond acceptors (Lipinski definition) is 5. The Balaban J connectivity index is 1.20. The molecule has 2 saturated carbocycles. The number of aromatic hydroxyl groups is 1. The van der Waals surface area contributed by atoms with E-state index < -0.39 is 40.8 Å². The third kappa shape index (κ3) is 3.61. The third-order valence-electron chi connectivity index (χ3n) is 10.1. The van der Waals surface area contributed by atoms with Crippen LogP contribution in [0.2, 0.25) is 0 Å². The number of hydrogen-bond donors (Lipinski definition) is 2. The minimum absolute atomic E-state index is 0.0403. The van der Waals surface area contributed by atoms with Crippen molar-refractivity contribution in [1.29, 1.82) is 0 Å². The molecule has 0 unspecified atom stereocenters. The summed E-state index contributed by atoms with van der Waals surface area (Å²) >= 11 is 0. The number of likely N-dealkylation sites (N-methyl/N-ethyl adjacent to an activating group) is 1. The highest BCUT2D eigenvalue weighted by molar-refractivity contribution is 5.94. The molecule has 3 aliphatic carbocycles. The fraction of sp³-hybridized carbons (Fsp3) is 0.516. The van der Waals surface area contributed by atoms with Crippen LogP contribution < -0.4 is 4.74 Å². The van der Waals surface area contributed by atoms with Crippen LogP contribution in [0.15, 0.2) is 36.4 Å². The number of amides is 1. The Labute approximate surface area is 230 Å². The second-order valence-electron chi connectivity index (χ2n) is 12.1. The number of nitrogens with zero attached hydrogens (tertiary/aromatic N) is 2. The number of phenols is 1. The lowest BCUT2D eigenvalue weighted by Gasteiger charge is -2.64. The van der Waals surface area contributed by atoms with E-state index >= 15 is 0 Å². The molecule has 5 aliphatic rings. The second-order valence-corrected chi connectivity index (χ2v) is 12.1. The number of likely N-dealkylation sites (tertiary alicyclic amines) is 1. The Morgan fingerprint density at radius 1 is 1.15 bits per heavy atom. The molecular formula is C31H31F3N2O4. The zero-order valence-corrected chi connectivity index (χ0v) is 22.2. The molecule has 2 aromatic rings. The number of carbonyl (C=O) groups is 1. The summed E-state index contributed by atoms with van der Waals surface area (Å²) in [6, 6.07) is 7.54. The fourth-order valence-electron chi connectivity index (χ4n) is 7.96. The van der Waals surface area contributed by atoms with Crippen molar-refractivity contribution in [3.8, 4) is 23.3 Å². The molecule has 6 nitrogen and oxygen atoms in total. The predicted molar refractivity (Wildman–Crippen MR) is 140 cm³/mol. The molecule has 1 spiro atoms. The van der Waals surface area contributed by atoms with Gasteiger partial charge in [-0.05, 0) is 86.9 Å². The lowest BCUT2D eigenvalue weighted by Crippen LogP contribution is -2.78. The zero-order chi connectivity index (χ0) is 28.0. The summed E-state index contributed by atoms with van der Waals surface area (Å²) in [4.78, 5) is 17.3. The van der Waals surface area contributed by atoms with Crippen LogP contribution in [0.25, 0.3) is 0 Å². The second kappa shape index (κ2) is 8.64. The van der Waals surface area contributed by atoms with Crippen LogP contribution in [0.3, 0.4) is 0 Å². The highest BCUT2D eigenvalue weighted by atomic mass is 19.4. The first kappa shape index (κ1) is 25.7.